The molecule has 0 N–H and O–H groups in total. The van der Waals surface area contributed by atoms with Crippen molar-refractivity contribution < 1.29 is 14.3 Å². The molecule has 2 amide bonds. The highest BCUT2D eigenvalue weighted by Crippen LogP contribution is 2.32. The molecule has 2 aliphatic heterocycles. The Morgan fingerprint density at radius 1 is 1.04 bits per heavy atom. The van der Waals surface area contributed by atoms with E-state index in [9.17, 15) is 9.59 Å². The summed E-state index contributed by atoms with van der Waals surface area (Å²) in [5, 5.41) is 0.482. The molecule has 1 aliphatic carbocycles. The summed E-state index contributed by atoms with van der Waals surface area (Å²) >= 11 is 6.48. The number of amides is 2. The zero-order chi connectivity index (χ0) is 18.8. The summed E-state index contributed by atoms with van der Waals surface area (Å²) in [6, 6.07) is 1.71. The molecule has 0 aromatic carbocycles. The third-order valence-electron chi connectivity index (χ3n) is 5.40. The van der Waals surface area contributed by atoms with Gasteiger partial charge in [0.25, 0.3) is 5.91 Å². The van der Waals surface area contributed by atoms with Gasteiger partial charge in [-0.05, 0) is 25.3 Å². The molecule has 1 saturated carbocycles. The summed E-state index contributed by atoms with van der Waals surface area (Å²) in [5.41, 5.74) is 0.506. The minimum Gasteiger partial charge on any atom is -0.378 e. The molecule has 1 aromatic rings. The molecule has 8 heteroatoms. The van der Waals surface area contributed by atoms with Crippen molar-refractivity contribution in [2.75, 3.05) is 57.4 Å². The standard InChI is InChI=1S/C19H25ClN4O3/c20-16-12-15(19(26)24-8-10-27-11-9-24)13-21-17(16)22-4-1-5-23(7-6-22)18(25)14-2-3-14/h12-14H,1-11H2. The summed E-state index contributed by atoms with van der Waals surface area (Å²) in [7, 11) is 0. The van der Waals surface area contributed by atoms with Crippen LogP contribution in [-0.2, 0) is 9.53 Å². The van der Waals surface area contributed by atoms with Gasteiger partial charge in [-0.25, -0.2) is 4.98 Å². The molecule has 2 saturated heterocycles. The van der Waals surface area contributed by atoms with Gasteiger partial charge in [-0.1, -0.05) is 11.6 Å². The first kappa shape index (κ1) is 18.5. The zero-order valence-electron chi connectivity index (χ0n) is 15.4. The maximum atomic E-state index is 12.6. The van der Waals surface area contributed by atoms with Crippen molar-refractivity contribution in [3.05, 3.63) is 22.8 Å². The number of hydrogen-bond acceptors (Lipinski definition) is 5. The van der Waals surface area contributed by atoms with E-state index in [2.05, 4.69) is 9.88 Å². The number of morpholine rings is 1. The Hall–Kier alpha value is -1.86. The number of ether oxygens (including phenoxy) is 1. The maximum Gasteiger partial charge on any atom is 0.255 e. The Kier molecular flexibility index (Phi) is 5.50. The second-order valence-electron chi connectivity index (χ2n) is 7.37. The number of rotatable bonds is 3. The fourth-order valence-electron chi connectivity index (χ4n) is 3.67. The first-order valence-corrected chi connectivity index (χ1v) is 10.1. The van der Waals surface area contributed by atoms with Crippen LogP contribution < -0.4 is 4.90 Å². The molecule has 3 aliphatic rings. The highest BCUT2D eigenvalue weighted by atomic mass is 35.5. The molecule has 3 fully saturated rings. The molecule has 7 nitrogen and oxygen atoms in total. The van der Waals surface area contributed by atoms with Crippen molar-refractivity contribution in [2.24, 2.45) is 5.92 Å². The number of halogens is 1. The quantitative estimate of drug-likeness (QED) is 0.782. The van der Waals surface area contributed by atoms with E-state index in [0.29, 0.717) is 61.7 Å². The van der Waals surface area contributed by atoms with Gasteiger partial charge < -0.3 is 19.4 Å². The predicted molar refractivity (Wildman–Crippen MR) is 102 cm³/mol. The summed E-state index contributed by atoms with van der Waals surface area (Å²) in [6.07, 6.45) is 4.57. The lowest BCUT2D eigenvalue weighted by Gasteiger charge is -2.27. The second kappa shape index (κ2) is 8.02. The molecule has 3 heterocycles. The summed E-state index contributed by atoms with van der Waals surface area (Å²) < 4.78 is 5.29. The van der Waals surface area contributed by atoms with Crippen LogP contribution in [0.4, 0.5) is 5.82 Å². The number of pyridine rings is 1. The normalized spacial score (nSPS) is 21.1. The lowest BCUT2D eigenvalue weighted by atomic mass is 10.2. The van der Waals surface area contributed by atoms with Crippen LogP contribution in [0.2, 0.25) is 5.02 Å². The Labute approximate surface area is 164 Å². The monoisotopic (exact) mass is 392 g/mol. The van der Waals surface area contributed by atoms with Crippen molar-refractivity contribution >= 4 is 29.2 Å². The molecule has 4 rings (SSSR count). The van der Waals surface area contributed by atoms with Crippen molar-refractivity contribution in [2.45, 2.75) is 19.3 Å². The largest absolute Gasteiger partial charge is 0.378 e. The van der Waals surface area contributed by atoms with Gasteiger partial charge in [-0.2, -0.15) is 0 Å². The number of aromatic nitrogens is 1. The van der Waals surface area contributed by atoms with Crippen LogP contribution in [0.25, 0.3) is 0 Å². The lowest BCUT2D eigenvalue weighted by Crippen LogP contribution is -2.40. The lowest BCUT2D eigenvalue weighted by molar-refractivity contribution is -0.132. The van der Waals surface area contributed by atoms with Gasteiger partial charge >= 0.3 is 0 Å². The molecule has 27 heavy (non-hydrogen) atoms. The topological polar surface area (TPSA) is 66.0 Å². The molecule has 1 aromatic heterocycles. The number of nitrogens with zero attached hydrogens (tertiary/aromatic N) is 4. The van der Waals surface area contributed by atoms with Gasteiger partial charge in [0.15, 0.2) is 0 Å². The number of carbonyl (C=O) groups is 2. The van der Waals surface area contributed by atoms with Crippen LogP contribution in [0, 0.1) is 5.92 Å². The summed E-state index contributed by atoms with van der Waals surface area (Å²) in [5.74, 6) is 1.18. The summed E-state index contributed by atoms with van der Waals surface area (Å²) in [6.45, 7) is 5.31. The number of anilines is 1. The van der Waals surface area contributed by atoms with Crippen LogP contribution in [0.3, 0.4) is 0 Å². The second-order valence-corrected chi connectivity index (χ2v) is 7.78. The number of carbonyl (C=O) groups excluding carboxylic acids is 2. The van der Waals surface area contributed by atoms with E-state index in [1.807, 2.05) is 4.90 Å². The average Bonchev–Trinajstić information content (AvgIpc) is 3.54. The van der Waals surface area contributed by atoms with E-state index in [4.69, 9.17) is 16.3 Å². The van der Waals surface area contributed by atoms with Gasteiger partial charge in [0, 0.05) is 51.4 Å². The van der Waals surface area contributed by atoms with E-state index in [1.165, 1.54) is 0 Å². The van der Waals surface area contributed by atoms with Gasteiger partial charge in [-0.3, -0.25) is 9.59 Å². The maximum absolute atomic E-state index is 12.6. The fraction of sp³-hybridized carbons (Fsp3) is 0.632. The van der Waals surface area contributed by atoms with Crippen molar-refractivity contribution in [1.29, 1.82) is 0 Å². The van der Waals surface area contributed by atoms with Crippen molar-refractivity contribution in [3.63, 3.8) is 0 Å². The van der Waals surface area contributed by atoms with Crippen LogP contribution in [0.5, 0.6) is 0 Å². The third kappa shape index (κ3) is 4.19. The van der Waals surface area contributed by atoms with Gasteiger partial charge in [0.2, 0.25) is 5.91 Å². The van der Waals surface area contributed by atoms with E-state index < -0.39 is 0 Å². The molecule has 0 unspecified atom stereocenters. The van der Waals surface area contributed by atoms with Crippen molar-refractivity contribution in [3.8, 4) is 0 Å². The van der Waals surface area contributed by atoms with E-state index in [1.54, 1.807) is 17.2 Å². The van der Waals surface area contributed by atoms with Crippen LogP contribution >= 0.6 is 11.6 Å². The summed E-state index contributed by atoms with van der Waals surface area (Å²) in [4.78, 5) is 35.3. The smallest absolute Gasteiger partial charge is 0.255 e. The Bertz CT molecular complexity index is 719. The SMILES string of the molecule is O=C(c1cnc(N2CCCN(C(=O)C3CC3)CC2)c(Cl)c1)N1CCOCC1. The first-order valence-electron chi connectivity index (χ1n) is 9.70. The average molecular weight is 393 g/mol. The number of hydrogen-bond donors (Lipinski definition) is 0. The van der Waals surface area contributed by atoms with Gasteiger partial charge in [-0.15, -0.1) is 0 Å². The van der Waals surface area contributed by atoms with Gasteiger partial charge in [0.1, 0.15) is 5.82 Å². The molecule has 146 valence electrons. The first-order chi connectivity index (χ1) is 13.1. The Balaban J connectivity index is 1.42. The van der Waals surface area contributed by atoms with Crippen molar-refractivity contribution in [1.82, 2.24) is 14.8 Å². The molecular formula is C19H25ClN4O3. The predicted octanol–water partition coefficient (Wildman–Crippen LogP) is 1.66. The zero-order valence-corrected chi connectivity index (χ0v) is 16.2. The third-order valence-corrected chi connectivity index (χ3v) is 5.68. The minimum atomic E-state index is -0.0590. The fourth-order valence-corrected chi connectivity index (χ4v) is 3.95. The van der Waals surface area contributed by atoms with Gasteiger partial charge in [0.05, 0.1) is 23.8 Å². The highest BCUT2D eigenvalue weighted by molar-refractivity contribution is 6.33. The van der Waals surface area contributed by atoms with E-state index >= 15 is 0 Å². The van der Waals surface area contributed by atoms with Crippen LogP contribution in [0.15, 0.2) is 12.3 Å². The molecule has 0 bridgehead atoms. The minimum absolute atomic E-state index is 0.0590. The Morgan fingerprint density at radius 2 is 1.81 bits per heavy atom. The highest BCUT2D eigenvalue weighted by Gasteiger charge is 2.34. The van der Waals surface area contributed by atoms with Crippen LogP contribution in [-0.4, -0.2) is 79.1 Å². The molecule has 0 radical (unpaired) electrons. The Morgan fingerprint density at radius 3 is 2.52 bits per heavy atom. The van der Waals surface area contributed by atoms with E-state index in [-0.39, 0.29) is 11.8 Å². The van der Waals surface area contributed by atoms with Crippen LogP contribution in [0.1, 0.15) is 29.6 Å². The molecule has 0 atom stereocenters. The van der Waals surface area contributed by atoms with E-state index in [0.717, 1.165) is 32.4 Å². The molecular weight excluding hydrogens is 368 g/mol. The molecule has 0 spiro atoms.